The summed E-state index contributed by atoms with van der Waals surface area (Å²) in [5, 5.41) is 8.94. The average Bonchev–Trinajstić information content (AvgIpc) is 2.82. The first-order chi connectivity index (χ1) is 11.0. The van der Waals surface area contributed by atoms with Crippen LogP contribution < -0.4 is 11.4 Å². The van der Waals surface area contributed by atoms with Gasteiger partial charge in [-0.05, 0) is 12.8 Å². The van der Waals surface area contributed by atoms with E-state index in [9.17, 15) is 9.59 Å². The lowest BCUT2D eigenvalue weighted by atomic mass is 10.3. The molecule has 2 aromatic rings. The Kier molecular flexibility index (Phi) is 5.58. The van der Waals surface area contributed by atoms with Gasteiger partial charge >= 0.3 is 11.7 Å². The van der Waals surface area contributed by atoms with E-state index in [0.717, 1.165) is 24.6 Å². The highest BCUT2D eigenvalue weighted by Gasteiger charge is 2.14. The predicted octanol–water partition coefficient (Wildman–Crippen LogP) is 1.40. The van der Waals surface area contributed by atoms with E-state index in [4.69, 9.17) is 10.8 Å². The number of nitrogens with zero attached hydrogens (tertiary/aromatic N) is 3. The number of nitrogens with two attached hydrogens (primary N) is 1. The second kappa shape index (κ2) is 7.63. The fraction of sp³-hybridized carbons (Fsp3) is 0.286. The van der Waals surface area contributed by atoms with Crippen molar-refractivity contribution in [2.75, 3.05) is 11.5 Å². The molecular weight excluding hydrogens is 318 g/mol. The molecule has 4 N–H and O–H groups in total. The number of imidazole rings is 1. The molecule has 0 unspecified atom stereocenters. The van der Waals surface area contributed by atoms with Gasteiger partial charge in [-0.2, -0.15) is 0 Å². The minimum Gasteiger partial charge on any atom is -0.481 e. The number of carboxylic acid groups (broad SMARTS) is 1. The average molecular weight is 335 g/mol. The highest BCUT2D eigenvalue weighted by Crippen LogP contribution is 2.20. The van der Waals surface area contributed by atoms with Crippen LogP contribution in [0, 0.1) is 0 Å². The molecule has 0 aliphatic carbocycles. The minimum atomic E-state index is -0.978. The Morgan fingerprint density at radius 3 is 2.87 bits per heavy atom. The second-order valence-electron chi connectivity index (χ2n) is 4.65. The topological polar surface area (TPSA) is 127 Å². The van der Waals surface area contributed by atoms with Crippen LogP contribution in [0.5, 0.6) is 0 Å². The number of anilines is 1. The number of allylic oxidation sites excluding steroid dienone is 3. The van der Waals surface area contributed by atoms with Gasteiger partial charge in [0.2, 0.25) is 0 Å². The van der Waals surface area contributed by atoms with E-state index in [1.807, 2.05) is 18.2 Å². The SMILES string of the molecule is C=CCC/C=C/Cn1c(=O)[nH]c2c(N)nc(SCC(=O)O)nc21. The lowest BCUT2D eigenvalue weighted by molar-refractivity contribution is -0.133. The quantitative estimate of drug-likeness (QED) is 0.288. The fourth-order valence-corrected chi connectivity index (χ4v) is 2.47. The Labute approximate surface area is 136 Å². The smallest absolute Gasteiger partial charge is 0.328 e. The summed E-state index contributed by atoms with van der Waals surface area (Å²) in [7, 11) is 0. The van der Waals surface area contributed by atoms with Gasteiger partial charge in [-0.15, -0.1) is 6.58 Å². The molecule has 2 rings (SSSR count). The zero-order valence-corrected chi connectivity index (χ0v) is 13.2. The molecule has 0 saturated carbocycles. The number of carboxylic acids is 1. The Balaban J connectivity index is 2.30. The number of thioether (sulfide) groups is 1. The highest BCUT2D eigenvalue weighted by molar-refractivity contribution is 7.99. The number of fused-ring (bicyclic) bond motifs is 1. The number of unbranched alkanes of at least 4 members (excludes halogenated alkanes) is 1. The summed E-state index contributed by atoms with van der Waals surface area (Å²) in [4.78, 5) is 33.5. The van der Waals surface area contributed by atoms with E-state index in [2.05, 4.69) is 21.5 Å². The number of rotatable bonds is 8. The van der Waals surface area contributed by atoms with Crippen LogP contribution in [0.15, 0.2) is 34.8 Å². The van der Waals surface area contributed by atoms with E-state index < -0.39 is 5.97 Å². The first-order valence-corrected chi connectivity index (χ1v) is 7.88. The number of carbonyl (C=O) groups is 1. The molecule has 0 fully saturated rings. The van der Waals surface area contributed by atoms with E-state index in [-0.39, 0.29) is 22.4 Å². The Morgan fingerprint density at radius 2 is 2.17 bits per heavy atom. The van der Waals surface area contributed by atoms with Crippen molar-refractivity contribution in [3.63, 3.8) is 0 Å². The van der Waals surface area contributed by atoms with E-state index in [0.29, 0.717) is 17.7 Å². The Morgan fingerprint density at radius 1 is 1.39 bits per heavy atom. The maximum absolute atomic E-state index is 12.0. The molecule has 0 aliphatic heterocycles. The number of hydrogen-bond donors (Lipinski definition) is 3. The van der Waals surface area contributed by atoms with Crippen molar-refractivity contribution < 1.29 is 9.90 Å². The van der Waals surface area contributed by atoms with Crippen molar-refractivity contribution in [1.82, 2.24) is 19.5 Å². The maximum atomic E-state index is 12.0. The van der Waals surface area contributed by atoms with Gasteiger partial charge < -0.3 is 15.8 Å². The van der Waals surface area contributed by atoms with Crippen molar-refractivity contribution in [1.29, 1.82) is 0 Å². The summed E-state index contributed by atoms with van der Waals surface area (Å²) in [6.45, 7) is 3.99. The third kappa shape index (κ3) is 4.22. The van der Waals surface area contributed by atoms with Gasteiger partial charge in [-0.25, -0.2) is 14.8 Å². The largest absolute Gasteiger partial charge is 0.481 e. The summed E-state index contributed by atoms with van der Waals surface area (Å²) in [6, 6.07) is 0. The fourth-order valence-electron chi connectivity index (χ4n) is 1.90. The number of nitrogens with one attached hydrogen (secondary N) is 1. The minimum absolute atomic E-state index is 0.120. The highest BCUT2D eigenvalue weighted by atomic mass is 32.2. The summed E-state index contributed by atoms with van der Waals surface area (Å²) in [5.74, 6) is -1.04. The van der Waals surface area contributed by atoms with Gasteiger partial charge in [0.05, 0.1) is 5.75 Å². The lowest BCUT2D eigenvalue weighted by Crippen LogP contribution is -2.16. The van der Waals surface area contributed by atoms with Crippen LogP contribution in [0.1, 0.15) is 12.8 Å². The van der Waals surface area contributed by atoms with Gasteiger partial charge in [-0.3, -0.25) is 9.36 Å². The first kappa shape index (κ1) is 16.8. The van der Waals surface area contributed by atoms with Crippen LogP contribution in [0.2, 0.25) is 0 Å². The zero-order chi connectivity index (χ0) is 16.8. The molecule has 2 heterocycles. The number of H-pyrrole nitrogens is 1. The summed E-state index contributed by atoms with van der Waals surface area (Å²) < 4.78 is 1.43. The zero-order valence-electron chi connectivity index (χ0n) is 12.4. The molecular formula is C14H17N5O3S. The standard InChI is InChI=1S/C14H17N5O3S/c1-2-3-4-5-6-7-19-12-10(16-14(19)22)11(15)17-13(18-12)23-8-9(20)21/h2,5-6H,1,3-4,7-8H2,(H,16,22)(H,20,21)(H2,15,17,18)/b6-5+. The van der Waals surface area contributed by atoms with Crippen molar-refractivity contribution >= 4 is 34.7 Å². The van der Waals surface area contributed by atoms with Crippen molar-refractivity contribution in [3.8, 4) is 0 Å². The molecule has 0 spiro atoms. The Hall–Kier alpha value is -2.55. The van der Waals surface area contributed by atoms with Crippen LogP contribution in [0.3, 0.4) is 0 Å². The van der Waals surface area contributed by atoms with Crippen LogP contribution in [0.4, 0.5) is 5.82 Å². The van der Waals surface area contributed by atoms with Gasteiger partial charge in [0.1, 0.15) is 5.52 Å². The number of nitrogen functional groups attached to an aromatic ring is 1. The number of hydrogen-bond acceptors (Lipinski definition) is 6. The number of aromatic nitrogens is 4. The number of aliphatic carboxylic acids is 1. The van der Waals surface area contributed by atoms with E-state index in [1.54, 1.807) is 0 Å². The maximum Gasteiger partial charge on any atom is 0.328 e. The van der Waals surface area contributed by atoms with Crippen LogP contribution in [-0.4, -0.2) is 36.3 Å². The van der Waals surface area contributed by atoms with E-state index in [1.165, 1.54) is 4.57 Å². The van der Waals surface area contributed by atoms with Crippen LogP contribution in [-0.2, 0) is 11.3 Å². The predicted molar refractivity (Wildman–Crippen MR) is 89.5 cm³/mol. The van der Waals surface area contributed by atoms with Gasteiger partial charge in [0.25, 0.3) is 0 Å². The monoisotopic (exact) mass is 335 g/mol. The molecule has 8 nitrogen and oxygen atoms in total. The van der Waals surface area contributed by atoms with Gasteiger partial charge in [-0.1, -0.05) is 30.0 Å². The third-order valence-electron chi connectivity index (χ3n) is 2.95. The molecule has 0 amide bonds. The molecule has 9 heteroatoms. The van der Waals surface area contributed by atoms with Crippen molar-refractivity contribution in [2.45, 2.75) is 24.5 Å². The second-order valence-corrected chi connectivity index (χ2v) is 5.59. The number of aromatic amines is 1. The van der Waals surface area contributed by atoms with Gasteiger partial charge in [0.15, 0.2) is 16.6 Å². The summed E-state index contributed by atoms with van der Waals surface area (Å²) in [6.07, 6.45) is 7.35. The van der Waals surface area contributed by atoms with Gasteiger partial charge in [0, 0.05) is 6.54 Å². The molecule has 0 atom stereocenters. The van der Waals surface area contributed by atoms with Crippen LogP contribution in [0.25, 0.3) is 11.2 Å². The normalized spacial score (nSPS) is 11.3. The molecule has 0 aromatic carbocycles. The molecule has 0 radical (unpaired) electrons. The molecule has 0 bridgehead atoms. The molecule has 122 valence electrons. The van der Waals surface area contributed by atoms with Crippen molar-refractivity contribution in [3.05, 3.63) is 35.3 Å². The summed E-state index contributed by atoms with van der Waals surface area (Å²) in [5.41, 5.74) is 6.20. The molecule has 2 aromatic heterocycles. The third-order valence-corrected chi connectivity index (χ3v) is 3.78. The van der Waals surface area contributed by atoms with E-state index >= 15 is 0 Å². The van der Waals surface area contributed by atoms with Crippen molar-refractivity contribution in [2.24, 2.45) is 0 Å². The lowest BCUT2D eigenvalue weighted by Gasteiger charge is -2.02. The molecule has 0 aliphatic rings. The molecule has 23 heavy (non-hydrogen) atoms. The Bertz CT molecular complexity index is 809. The summed E-state index contributed by atoms with van der Waals surface area (Å²) >= 11 is 0.950. The van der Waals surface area contributed by atoms with Crippen LogP contribution >= 0.6 is 11.8 Å². The molecule has 0 saturated heterocycles. The first-order valence-electron chi connectivity index (χ1n) is 6.89.